The lowest BCUT2D eigenvalue weighted by atomic mass is 9.40. The molecule has 4 bridgehead atoms. The molecule has 0 amide bonds. The minimum absolute atomic E-state index is 0.159. The van der Waals surface area contributed by atoms with Gasteiger partial charge in [-0.3, -0.25) is 4.99 Å². The Morgan fingerprint density at radius 2 is 1.74 bits per heavy atom. The second-order valence-electron chi connectivity index (χ2n) is 11.5. The van der Waals surface area contributed by atoms with E-state index in [4.69, 9.17) is 22.9 Å². The van der Waals surface area contributed by atoms with Gasteiger partial charge in [0, 0.05) is 11.6 Å². The van der Waals surface area contributed by atoms with Crippen molar-refractivity contribution < 1.29 is 0 Å². The van der Waals surface area contributed by atoms with E-state index in [-0.39, 0.29) is 5.41 Å². The molecular weight excluding hydrogens is 396 g/mol. The van der Waals surface area contributed by atoms with E-state index in [1.807, 2.05) is 0 Å². The van der Waals surface area contributed by atoms with Crippen LogP contribution < -0.4 is 5.73 Å². The molecule has 2 unspecified atom stereocenters. The summed E-state index contributed by atoms with van der Waals surface area (Å²) in [5, 5.41) is 0. The van der Waals surface area contributed by atoms with Crippen LogP contribution >= 0.6 is 12.2 Å². The summed E-state index contributed by atoms with van der Waals surface area (Å²) >= 11 is 6.15. The molecule has 1 aromatic rings. The number of benzene rings is 1. The van der Waals surface area contributed by atoms with Crippen LogP contribution in [0.25, 0.3) is 0 Å². The molecule has 2 nitrogen and oxygen atoms in total. The van der Waals surface area contributed by atoms with Crippen molar-refractivity contribution in [3.8, 4) is 0 Å². The molecule has 5 fully saturated rings. The molecule has 5 aliphatic rings. The van der Waals surface area contributed by atoms with Crippen molar-refractivity contribution in [3.05, 3.63) is 35.9 Å². The van der Waals surface area contributed by atoms with E-state index in [2.05, 4.69) is 43.5 Å². The van der Waals surface area contributed by atoms with E-state index in [1.54, 1.807) is 5.56 Å². The first kappa shape index (κ1) is 21.8. The van der Waals surface area contributed by atoms with Crippen molar-refractivity contribution in [2.24, 2.45) is 45.7 Å². The van der Waals surface area contributed by atoms with E-state index < -0.39 is 0 Å². The third-order valence-electron chi connectivity index (χ3n) is 9.59. The third kappa shape index (κ3) is 3.95. The summed E-state index contributed by atoms with van der Waals surface area (Å²) < 4.78 is 0. The van der Waals surface area contributed by atoms with Crippen LogP contribution in [-0.2, 0) is 5.41 Å². The molecule has 168 valence electrons. The number of nitrogens with two attached hydrogens (primary N) is 1. The molecule has 1 aromatic carbocycles. The molecule has 0 aliphatic heterocycles. The predicted octanol–water partition coefficient (Wildman–Crippen LogP) is 6.71. The molecule has 0 radical (unpaired) electrons. The van der Waals surface area contributed by atoms with Gasteiger partial charge in [0.25, 0.3) is 0 Å². The highest BCUT2D eigenvalue weighted by Gasteiger charge is 2.62. The summed E-state index contributed by atoms with van der Waals surface area (Å²) in [5.41, 5.74) is 7.93. The normalized spacial score (nSPS) is 41.7. The standard InChI is InChI=1S/C28H40N2S/c1-2-6-25-22-13-27(24-7-4-3-5-8-24)14-23(25)16-28(15-22,19-27)26(31)30-18-21-11-9-20(17-29)10-12-21/h3-5,7-8,18,20-23,25H,2,6,9-17,19,29H2,1H3/b30-18+. The van der Waals surface area contributed by atoms with Crippen molar-refractivity contribution in [2.75, 3.05) is 6.54 Å². The average molecular weight is 437 g/mol. The van der Waals surface area contributed by atoms with Gasteiger partial charge in [0.05, 0.1) is 0 Å². The Hall–Kier alpha value is -1.06. The Kier molecular flexibility index (Phi) is 6.11. The molecule has 5 aliphatic carbocycles. The molecule has 3 heteroatoms. The van der Waals surface area contributed by atoms with Gasteiger partial charge in [-0.05, 0) is 105 Å². The molecule has 2 N–H and O–H groups in total. The first-order valence-corrected chi connectivity index (χ1v) is 13.3. The monoisotopic (exact) mass is 436 g/mol. The minimum atomic E-state index is 0.159. The molecule has 0 heterocycles. The maximum absolute atomic E-state index is 6.15. The number of rotatable bonds is 6. The molecule has 0 aromatic heterocycles. The highest BCUT2D eigenvalue weighted by molar-refractivity contribution is 7.80. The van der Waals surface area contributed by atoms with Crippen LogP contribution in [-0.4, -0.2) is 17.7 Å². The van der Waals surface area contributed by atoms with Crippen LogP contribution in [0.3, 0.4) is 0 Å². The summed E-state index contributed by atoms with van der Waals surface area (Å²) in [5.74, 6) is 3.89. The molecule has 6 rings (SSSR count). The Bertz CT molecular complexity index is 792. The maximum Gasteiger partial charge on any atom is 0.109 e. The number of nitrogens with zero attached hydrogens (tertiary/aromatic N) is 1. The smallest absolute Gasteiger partial charge is 0.109 e. The maximum atomic E-state index is 6.15. The van der Waals surface area contributed by atoms with Gasteiger partial charge in [-0.25, -0.2) is 0 Å². The van der Waals surface area contributed by atoms with Gasteiger partial charge in [-0.2, -0.15) is 0 Å². The SMILES string of the molecule is CCCC1C2CC3(C(=S)/N=C/C4CCC(CN)CC4)CC1CC(c1ccccc1)(C2)C3. The number of aliphatic imine (C=N–C) groups is 1. The zero-order valence-corrected chi connectivity index (χ0v) is 20.1. The fourth-order valence-corrected chi connectivity index (χ4v) is 8.61. The second kappa shape index (κ2) is 8.71. The highest BCUT2D eigenvalue weighted by Crippen LogP contribution is 2.68. The number of hydrogen-bond acceptors (Lipinski definition) is 2. The van der Waals surface area contributed by atoms with E-state index in [9.17, 15) is 0 Å². The van der Waals surface area contributed by atoms with Crippen LogP contribution in [0.1, 0.15) is 83.1 Å². The summed E-state index contributed by atoms with van der Waals surface area (Å²) in [4.78, 5) is 6.10. The lowest BCUT2D eigenvalue weighted by Gasteiger charge is -2.65. The summed E-state index contributed by atoms with van der Waals surface area (Å²) in [6.07, 6.45) is 16.5. The molecule has 31 heavy (non-hydrogen) atoms. The number of thiocarbonyl (C=S) groups is 1. The van der Waals surface area contributed by atoms with Gasteiger partial charge >= 0.3 is 0 Å². The Morgan fingerprint density at radius 3 is 2.35 bits per heavy atom. The van der Waals surface area contributed by atoms with E-state index >= 15 is 0 Å². The lowest BCUT2D eigenvalue weighted by molar-refractivity contribution is -0.0830. The summed E-state index contributed by atoms with van der Waals surface area (Å²) in [7, 11) is 0. The van der Waals surface area contributed by atoms with Crippen LogP contribution in [0, 0.1) is 35.0 Å². The summed E-state index contributed by atoms with van der Waals surface area (Å²) in [6.45, 7) is 3.21. The van der Waals surface area contributed by atoms with E-state index in [0.29, 0.717) is 11.3 Å². The topological polar surface area (TPSA) is 38.4 Å². The largest absolute Gasteiger partial charge is 0.330 e. The zero-order chi connectivity index (χ0) is 21.5. The molecule has 0 saturated heterocycles. The molecule has 5 saturated carbocycles. The van der Waals surface area contributed by atoms with Crippen LogP contribution in [0.5, 0.6) is 0 Å². The Labute approximate surface area is 194 Å². The van der Waals surface area contributed by atoms with Gasteiger partial charge in [-0.15, -0.1) is 0 Å². The first-order valence-electron chi connectivity index (χ1n) is 12.9. The Morgan fingerprint density at radius 1 is 1.06 bits per heavy atom. The molecular formula is C28H40N2S. The summed E-state index contributed by atoms with van der Waals surface area (Å²) in [6, 6.07) is 11.4. The zero-order valence-electron chi connectivity index (χ0n) is 19.3. The van der Waals surface area contributed by atoms with Gasteiger partial charge < -0.3 is 5.73 Å². The van der Waals surface area contributed by atoms with Crippen molar-refractivity contribution in [1.29, 1.82) is 0 Å². The van der Waals surface area contributed by atoms with Crippen molar-refractivity contribution in [2.45, 2.75) is 83.0 Å². The van der Waals surface area contributed by atoms with Crippen LogP contribution in [0.15, 0.2) is 35.3 Å². The van der Waals surface area contributed by atoms with Crippen molar-refractivity contribution in [3.63, 3.8) is 0 Å². The quantitative estimate of drug-likeness (QED) is 0.397. The molecule has 0 spiro atoms. The van der Waals surface area contributed by atoms with Crippen LogP contribution in [0.4, 0.5) is 0 Å². The third-order valence-corrected chi connectivity index (χ3v) is 10.1. The number of hydrogen-bond donors (Lipinski definition) is 1. The van der Waals surface area contributed by atoms with Crippen molar-refractivity contribution >= 4 is 23.4 Å². The second-order valence-corrected chi connectivity index (χ2v) is 11.9. The van der Waals surface area contributed by atoms with Gasteiger partial charge in [0.1, 0.15) is 4.99 Å². The predicted molar refractivity (Wildman–Crippen MR) is 135 cm³/mol. The average Bonchev–Trinajstić information content (AvgIpc) is 2.80. The van der Waals surface area contributed by atoms with Gasteiger partial charge in [-0.1, -0.05) is 62.3 Å². The fraction of sp³-hybridized carbons (Fsp3) is 0.714. The van der Waals surface area contributed by atoms with Crippen molar-refractivity contribution in [1.82, 2.24) is 0 Å². The van der Waals surface area contributed by atoms with E-state index in [1.165, 1.54) is 70.6 Å². The van der Waals surface area contributed by atoms with Gasteiger partial charge in [0.15, 0.2) is 0 Å². The van der Waals surface area contributed by atoms with E-state index in [0.717, 1.165) is 35.2 Å². The van der Waals surface area contributed by atoms with Gasteiger partial charge in [0.2, 0.25) is 0 Å². The molecule has 2 atom stereocenters. The Balaban J connectivity index is 1.38. The lowest BCUT2D eigenvalue weighted by Crippen LogP contribution is -2.59. The highest BCUT2D eigenvalue weighted by atomic mass is 32.1. The first-order chi connectivity index (χ1) is 15.1. The minimum Gasteiger partial charge on any atom is -0.330 e. The fourth-order valence-electron chi connectivity index (χ4n) is 8.31. The van der Waals surface area contributed by atoms with Crippen LogP contribution in [0.2, 0.25) is 0 Å².